The summed E-state index contributed by atoms with van der Waals surface area (Å²) in [5.74, 6) is -1.63. The third-order valence-corrected chi connectivity index (χ3v) is 3.47. The first-order valence-corrected chi connectivity index (χ1v) is 7.93. The third kappa shape index (κ3) is 4.97. The Morgan fingerprint density at radius 1 is 1.22 bits per heavy atom. The second-order valence-electron chi connectivity index (χ2n) is 5.52. The van der Waals surface area contributed by atoms with E-state index >= 15 is 0 Å². The van der Waals surface area contributed by atoms with Crippen LogP contribution < -0.4 is 15.4 Å². The van der Waals surface area contributed by atoms with Gasteiger partial charge in [-0.2, -0.15) is 10.1 Å². The van der Waals surface area contributed by atoms with Crippen molar-refractivity contribution in [1.82, 2.24) is 25.1 Å². The lowest BCUT2D eigenvalue weighted by Crippen LogP contribution is -2.29. The molecule has 0 radical (unpaired) electrons. The Bertz CT molecular complexity index is 947. The number of hydrogen-bond donors (Lipinski definition) is 2. The molecule has 2 amide bonds. The first-order chi connectivity index (χ1) is 13.0. The number of carbonyl (C=O) groups is 1. The fourth-order valence-electron chi connectivity index (χ4n) is 2.16. The Kier molecular flexibility index (Phi) is 5.55. The van der Waals surface area contributed by atoms with Gasteiger partial charge in [-0.05, 0) is 12.1 Å². The quantitative estimate of drug-likeness (QED) is 0.691. The summed E-state index contributed by atoms with van der Waals surface area (Å²) in [6.07, 6.45) is 2.63. The Hall–Kier alpha value is -3.56. The molecule has 0 aliphatic heterocycles. The van der Waals surface area contributed by atoms with Crippen molar-refractivity contribution in [2.75, 3.05) is 5.32 Å². The van der Waals surface area contributed by atoms with Crippen LogP contribution in [0, 0.1) is 11.6 Å². The highest BCUT2D eigenvalue weighted by Gasteiger charge is 2.12. The van der Waals surface area contributed by atoms with Crippen LogP contribution >= 0.6 is 0 Å². The lowest BCUT2D eigenvalue weighted by atomic mass is 10.2. The van der Waals surface area contributed by atoms with E-state index in [2.05, 4.69) is 25.7 Å². The van der Waals surface area contributed by atoms with Gasteiger partial charge in [0.1, 0.15) is 12.4 Å². The Labute approximate surface area is 153 Å². The summed E-state index contributed by atoms with van der Waals surface area (Å²) in [7, 11) is 1.76. The third-order valence-electron chi connectivity index (χ3n) is 3.47. The molecule has 0 aliphatic rings. The van der Waals surface area contributed by atoms with Crippen molar-refractivity contribution in [3.05, 3.63) is 65.6 Å². The summed E-state index contributed by atoms with van der Waals surface area (Å²) in [6, 6.07) is 6.89. The summed E-state index contributed by atoms with van der Waals surface area (Å²) < 4.78 is 34.3. The molecule has 0 fully saturated rings. The summed E-state index contributed by atoms with van der Waals surface area (Å²) in [6.45, 7) is 0.0274. The monoisotopic (exact) mass is 374 g/mol. The number of urea groups is 1. The van der Waals surface area contributed by atoms with Gasteiger partial charge in [-0.1, -0.05) is 18.2 Å². The van der Waals surface area contributed by atoms with Gasteiger partial charge < -0.3 is 10.1 Å². The Balaban J connectivity index is 1.58. The van der Waals surface area contributed by atoms with Gasteiger partial charge in [0.2, 0.25) is 0 Å². The molecule has 0 bridgehead atoms. The fourth-order valence-corrected chi connectivity index (χ4v) is 2.16. The lowest BCUT2D eigenvalue weighted by molar-refractivity contribution is 0.251. The fraction of sp³-hybridized carbons (Fsp3) is 0.176. The largest absolute Gasteiger partial charge is 0.457 e. The predicted molar refractivity (Wildman–Crippen MR) is 91.8 cm³/mol. The van der Waals surface area contributed by atoms with Crippen LogP contribution in [0.25, 0.3) is 0 Å². The minimum absolute atomic E-state index is 0.0613. The molecule has 2 N–H and O–H groups in total. The van der Waals surface area contributed by atoms with Gasteiger partial charge in [-0.3, -0.25) is 10.00 Å². The maximum absolute atomic E-state index is 13.8. The zero-order chi connectivity index (χ0) is 19.2. The molecule has 1 aromatic carbocycles. The maximum atomic E-state index is 13.8. The zero-order valence-corrected chi connectivity index (χ0v) is 14.3. The normalized spacial score (nSPS) is 10.5. The van der Waals surface area contributed by atoms with Gasteiger partial charge >= 0.3 is 12.0 Å². The number of halogens is 2. The first-order valence-electron chi connectivity index (χ1n) is 7.93. The molecule has 0 unspecified atom stereocenters. The van der Waals surface area contributed by atoms with Crippen molar-refractivity contribution in [2.24, 2.45) is 7.05 Å². The molecule has 2 heterocycles. The lowest BCUT2D eigenvalue weighted by Gasteiger charge is -2.09. The van der Waals surface area contributed by atoms with Crippen molar-refractivity contribution in [3.8, 4) is 6.01 Å². The number of ether oxygens (including phenoxy) is 1. The second kappa shape index (κ2) is 8.21. The van der Waals surface area contributed by atoms with E-state index in [0.717, 1.165) is 6.20 Å². The molecule has 3 rings (SSSR count). The van der Waals surface area contributed by atoms with E-state index in [4.69, 9.17) is 4.74 Å². The number of amides is 2. The molecule has 0 aliphatic carbocycles. The molecule has 0 atom stereocenters. The Morgan fingerprint density at radius 3 is 2.78 bits per heavy atom. The van der Waals surface area contributed by atoms with Crippen LogP contribution in [0.4, 0.5) is 19.4 Å². The standard InChI is InChI=1S/C17H16F2N6O2/c1-25-7-6-12(24-25)10-27-17-21-9-14(19)15(23-17)22-16(26)20-8-11-4-2-3-5-13(11)18/h2-7,9H,8,10H2,1H3,(H2,20,21,22,23,26). The van der Waals surface area contributed by atoms with Crippen molar-refractivity contribution >= 4 is 11.8 Å². The number of carbonyl (C=O) groups excluding carboxylic acids is 1. The van der Waals surface area contributed by atoms with E-state index in [9.17, 15) is 13.6 Å². The molecule has 0 saturated heterocycles. The number of nitrogens with one attached hydrogen (secondary N) is 2. The number of aryl methyl sites for hydroxylation is 1. The molecule has 0 saturated carbocycles. The van der Waals surface area contributed by atoms with E-state index in [1.807, 2.05) is 0 Å². The minimum atomic E-state index is -0.832. The molecule has 0 spiro atoms. The number of benzene rings is 1. The average molecular weight is 374 g/mol. The Morgan fingerprint density at radius 2 is 2.04 bits per heavy atom. The summed E-state index contributed by atoms with van der Waals surface area (Å²) in [5, 5.41) is 8.80. The van der Waals surface area contributed by atoms with E-state index < -0.39 is 17.7 Å². The first kappa shape index (κ1) is 18.2. The highest BCUT2D eigenvalue weighted by molar-refractivity contribution is 5.88. The van der Waals surface area contributed by atoms with Gasteiger partial charge in [-0.15, -0.1) is 0 Å². The summed E-state index contributed by atoms with van der Waals surface area (Å²) >= 11 is 0. The molecule has 10 heteroatoms. The minimum Gasteiger partial charge on any atom is -0.457 e. The summed E-state index contributed by atoms with van der Waals surface area (Å²) in [5.41, 5.74) is 0.942. The molecule has 8 nitrogen and oxygen atoms in total. The average Bonchev–Trinajstić information content (AvgIpc) is 3.07. The second-order valence-corrected chi connectivity index (χ2v) is 5.52. The van der Waals surface area contributed by atoms with Gasteiger partial charge in [0.05, 0.1) is 11.9 Å². The van der Waals surface area contributed by atoms with Crippen LogP contribution in [0.3, 0.4) is 0 Å². The number of anilines is 1. The molecular weight excluding hydrogens is 358 g/mol. The van der Waals surface area contributed by atoms with Crippen molar-refractivity contribution < 1.29 is 18.3 Å². The van der Waals surface area contributed by atoms with Crippen molar-refractivity contribution in [1.29, 1.82) is 0 Å². The van der Waals surface area contributed by atoms with Crippen molar-refractivity contribution in [2.45, 2.75) is 13.2 Å². The van der Waals surface area contributed by atoms with Crippen LogP contribution in [0.2, 0.25) is 0 Å². The smallest absolute Gasteiger partial charge is 0.320 e. The topological polar surface area (TPSA) is 94.0 Å². The number of aromatic nitrogens is 4. The van der Waals surface area contributed by atoms with E-state index in [1.165, 1.54) is 12.1 Å². The highest BCUT2D eigenvalue weighted by Crippen LogP contribution is 2.14. The highest BCUT2D eigenvalue weighted by atomic mass is 19.1. The van der Waals surface area contributed by atoms with Gasteiger partial charge in [0.25, 0.3) is 0 Å². The maximum Gasteiger partial charge on any atom is 0.320 e. The summed E-state index contributed by atoms with van der Waals surface area (Å²) in [4.78, 5) is 19.4. The van der Waals surface area contributed by atoms with Crippen LogP contribution in [-0.4, -0.2) is 25.8 Å². The van der Waals surface area contributed by atoms with Crippen LogP contribution in [-0.2, 0) is 20.2 Å². The molecule has 3 aromatic rings. The van der Waals surface area contributed by atoms with Crippen LogP contribution in [0.15, 0.2) is 42.7 Å². The van der Waals surface area contributed by atoms with E-state index in [0.29, 0.717) is 11.3 Å². The number of rotatable bonds is 6. The van der Waals surface area contributed by atoms with E-state index in [-0.39, 0.29) is 25.0 Å². The predicted octanol–water partition coefficient (Wildman–Crippen LogP) is 2.39. The van der Waals surface area contributed by atoms with Crippen molar-refractivity contribution in [3.63, 3.8) is 0 Å². The molecule has 2 aromatic heterocycles. The van der Waals surface area contributed by atoms with E-state index in [1.54, 1.807) is 36.1 Å². The SMILES string of the molecule is Cn1ccc(COc2ncc(F)c(NC(=O)NCc3ccccc3F)n2)n1. The van der Waals surface area contributed by atoms with Gasteiger partial charge in [0, 0.05) is 25.4 Å². The van der Waals surface area contributed by atoms with Crippen LogP contribution in [0.1, 0.15) is 11.3 Å². The number of nitrogens with zero attached hydrogens (tertiary/aromatic N) is 4. The number of hydrogen-bond acceptors (Lipinski definition) is 5. The molecule has 27 heavy (non-hydrogen) atoms. The van der Waals surface area contributed by atoms with Gasteiger partial charge in [-0.25, -0.2) is 18.6 Å². The van der Waals surface area contributed by atoms with Gasteiger partial charge in [0.15, 0.2) is 11.6 Å². The zero-order valence-electron chi connectivity index (χ0n) is 14.3. The molecule has 140 valence electrons. The molecular formula is C17H16F2N6O2. The van der Waals surface area contributed by atoms with Crippen LogP contribution in [0.5, 0.6) is 6.01 Å².